The highest BCUT2D eigenvalue weighted by Crippen LogP contribution is 2.15. The molecule has 0 radical (unpaired) electrons. The van der Waals surface area contributed by atoms with Gasteiger partial charge in [-0.1, -0.05) is 13.8 Å². The number of hydrogen-bond donors (Lipinski definition) is 1. The van der Waals surface area contributed by atoms with Crippen LogP contribution in [-0.4, -0.2) is 42.8 Å². The van der Waals surface area contributed by atoms with E-state index < -0.39 is 0 Å². The molecule has 0 aliphatic carbocycles. The first-order valence-corrected chi connectivity index (χ1v) is 6.78. The lowest BCUT2D eigenvalue weighted by atomic mass is 10.1. The maximum atomic E-state index is 5.94. The minimum atomic E-state index is 0.388. The standard InChI is InChI=1S/C13H28N2O/c1-4-12(14)7-6-8-15-9-11(3)16-10-13(15)5-2/h11-13H,4-10,14H2,1-3H3. The SMILES string of the molecule is CCC(N)CCCN1CC(C)OCC1CC. The summed E-state index contributed by atoms with van der Waals surface area (Å²) in [5, 5.41) is 0. The molecule has 3 heteroatoms. The van der Waals surface area contributed by atoms with E-state index in [1.165, 1.54) is 19.4 Å². The molecule has 1 rings (SSSR count). The van der Waals surface area contributed by atoms with Gasteiger partial charge in [-0.25, -0.2) is 0 Å². The van der Waals surface area contributed by atoms with Crippen molar-refractivity contribution in [2.45, 2.75) is 64.6 Å². The van der Waals surface area contributed by atoms with Crippen molar-refractivity contribution in [2.75, 3.05) is 19.7 Å². The Morgan fingerprint density at radius 1 is 1.44 bits per heavy atom. The van der Waals surface area contributed by atoms with Crippen LogP contribution in [0.2, 0.25) is 0 Å². The van der Waals surface area contributed by atoms with Crippen LogP contribution in [0.1, 0.15) is 46.5 Å². The molecule has 2 N–H and O–H groups in total. The topological polar surface area (TPSA) is 38.5 Å². The van der Waals surface area contributed by atoms with Crippen LogP contribution in [0.4, 0.5) is 0 Å². The molecule has 0 aromatic carbocycles. The molecule has 3 unspecified atom stereocenters. The zero-order valence-corrected chi connectivity index (χ0v) is 11.1. The van der Waals surface area contributed by atoms with Gasteiger partial charge in [-0.05, 0) is 39.2 Å². The molecule has 0 aromatic heterocycles. The van der Waals surface area contributed by atoms with Crippen LogP contribution >= 0.6 is 0 Å². The first-order valence-electron chi connectivity index (χ1n) is 6.78. The van der Waals surface area contributed by atoms with Crippen molar-refractivity contribution < 1.29 is 4.74 Å². The first kappa shape index (κ1) is 13.9. The maximum Gasteiger partial charge on any atom is 0.0674 e. The Morgan fingerprint density at radius 3 is 2.81 bits per heavy atom. The number of morpholine rings is 1. The molecule has 0 aromatic rings. The molecule has 0 bridgehead atoms. The van der Waals surface area contributed by atoms with Crippen LogP contribution in [0.25, 0.3) is 0 Å². The van der Waals surface area contributed by atoms with Crippen LogP contribution in [0.3, 0.4) is 0 Å². The molecule has 1 aliphatic rings. The fraction of sp³-hybridized carbons (Fsp3) is 1.00. The van der Waals surface area contributed by atoms with Crippen LogP contribution in [0.15, 0.2) is 0 Å². The first-order chi connectivity index (χ1) is 7.67. The summed E-state index contributed by atoms with van der Waals surface area (Å²) < 4.78 is 5.69. The van der Waals surface area contributed by atoms with Crippen molar-refractivity contribution in [2.24, 2.45) is 5.73 Å². The van der Waals surface area contributed by atoms with Gasteiger partial charge in [0.25, 0.3) is 0 Å². The highest BCUT2D eigenvalue weighted by molar-refractivity contribution is 4.77. The van der Waals surface area contributed by atoms with Crippen molar-refractivity contribution in [3.63, 3.8) is 0 Å². The normalized spacial score (nSPS) is 29.2. The second kappa shape index (κ2) is 7.25. The van der Waals surface area contributed by atoms with E-state index in [1.807, 2.05) is 0 Å². The van der Waals surface area contributed by atoms with Gasteiger partial charge < -0.3 is 10.5 Å². The Kier molecular flexibility index (Phi) is 6.32. The van der Waals surface area contributed by atoms with Gasteiger partial charge in [0.05, 0.1) is 12.7 Å². The fourth-order valence-electron chi connectivity index (χ4n) is 2.32. The van der Waals surface area contributed by atoms with E-state index in [0.29, 0.717) is 18.2 Å². The van der Waals surface area contributed by atoms with E-state index in [1.54, 1.807) is 0 Å². The Labute approximate surface area is 100 Å². The van der Waals surface area contributed by atoms with Gasteiger partial charge in [-0.2, -0.15) is 0 Å². The molecule has 0 saturated carbocycles. The predicted octanol–water partition coefficient (Wildman–Crippen LogP) is 2.00. The molecule has 1 aliphatic heterocycles. The van der Waals surface area contributed by atoms with Gasteiger partial charge in [-0.3, -0.25) is 4.90 Å². The monoisotopic (exact) mass is 228 g/mol. The molecule has 16 heavy (non-hydrogen) atoms. The minimum Gasteiger partial charge on any atom is -0.376 e. The van der Waals surface area contributed by atoms with Crippen molar-refractivity contribution in [3.05, 3.63) is 0 Å². The summed E-state index contributed by atoms with van der Waals surface area (Å²) in [4.78, 5) is 2.58. The molecule has 3 atom stereocenters. The molecule has 1 heterocycles. The van der Waals surface area contributed by atoms with Gasteiger partial charge >= 0.3 is 0 Å². The average molecular weight is 228 g/mol. The largest absolute Gasteiger partial charge is 0.376 e. The summed E-state index contributed by atoms with van der Waals surface area (Å²) in [6.07, 6.45) is 5.04. The van der Waals surface area contributed by atoms with Gasteiger partial charge in [0.2, 0.25) is 0 Å². The number of nitrogens with two attached hydrogens (primary N) is 1. The van der Waals surface area contributed by atoms with E-state index in [-0.39, 0.29) is 0 Å². The van der Waals surface area contributed by atoms with Crippen LogP contribution in [0, 0.1) is 0 Å². The van der Waals surface area contributed by atoms with Crippen LogP contribution in [0.5, 0.6) is 0 Å². The minimum absolute atomic E-state index is 0.388. The quantitative estimate of drug-likeness (QED) is 0.756. The Balaban J connectivity index is 2.26. The summed E-state index contributed by atoms with van der Waals surface area (Å²) in [7, 11) is 0. The lowest BCUT2D eigenvalue weighted by Crippen LogP contribution is -2.48. The fourth-order valence-corrected chi connectivity index (χ4v) is 2.32. The molecule has 1 fully saturated rings. The highest BCUT2D eigenvalue weighted by atomic mass is 16.5. The van der Waals surface area contributed by atoms with Gasteiger partial charge in [0, 0.05) is 18.6 Å². The van der Waals surface area contributed by atoms with Gasteiger partial charge in [-0.15, -0.1) is 0 Å². The summed E-state index contributed by atoms with van der Waals surface area (Å²) >= 11 is 0. The molecular formula is C13H28N2O. The number of ether oxygens (including phenoxy) is 1. The molecular weight excluding hydrogens is 200 g/mol. The van der Waals surface area contributed by atoms with Crippen molar-refractivity contribution in [3.8, 4) is 0 Å². The van der Waals surface area contributed by atoms with Crippen molar-refractivity contribution >= 4 is 0 Å². The second-order valence-electron chi connectivity index (χ2n) is 5.01. The molecule has 96 valence electrons. The molecule has 3 nitrogen and oxygen atoms in total. The smallest absolute Gasteiger partial charge is 0.0674 e. The van der Waals surface area contributed by atoms with E-state index in [9.17, 15) is 0 Å². The third-order valence-electron chi connectivity index (χ3n) is 3.60. The van der Waals surface area contributed by atoms with Crippen molar-refractivity contribution in [1.29, 1.82) is 0 Å². The average Bonchev–Trinajstić information content (AvgIpc) is 2.29. The Hall–Kier alpha value is -0.120. The lowest BCUT2D eigenvalue weighted by molar-refractivity contribution is -0.0561. The van der Waals surface area contributed by atoms with Gasteiger partial charge in [0.1, 0.15) is 0 Å². The van der Waals surface area contributed by atoms with Crippen LogP contribution < -0.4 is 5.73 Å². The summed E-state index contributed by atoms with van der Waals surface area (Å²) in [6, 6.07) is 1.01. The maximum absolute atomic E-state index is 5.94. The predicted molar refractivity (Wildman–Crippen MR) is 68.6 cm³/mol. The lowest BCUT2D eigenvalue weighted by Gasteiger charge is -2.38. The summed E-state index contributed by atoms with van der Waals surface area (Å²) in [6.45, 7) is 9.74. The molecule has 0 amide bonds. The number of rotatable bonds is 6. The third-order valence-corrected chi connectivity index (χ3v) is 3.60. The highest BCUT2D eigenvalue weighted by Gasteiger charge is 2.24. The molecule has 1 saturated heterocycles. The number of hydrogen-bond acceptors (Lipinski definition) is 3. The van der Waals surface area contributed by atoms with E-state index in [2.05, 4.69) is 25.7 Å². The van der Waals surface area contributed by atoms with E-state index >= 15 is 0 Å². The third kappa shape index (κ3) is 4.40. The van der Waals surface area contributed by atoms with Crippen molar-refractivity contribution in [1.82, 2.24) is 4.90 Å². The zero-order chi connectivity index (χ0) is 12.0. The summed E-state index contributed by atoms with van der Waals surface area (Å²) in [5.74, 6) is 0. The Bertz CT molecular complexity index is 187. The number of nitrogens with zero attached hydrogens (tertiary/aromatic N) is 1. The van der Waals surface area contributed by atoms with E-state index in [0.717, 1.165) is 26.0 Å². The summed E-state index contributed by atoms with van der Waals surface area (Å²) in [5.41, 5.74) is 5.94. The molecule has 0 spiro atoms. The van der Waals surface area contributed by atoms with E-state index in [4.69, 9.17) is 10.5 Å². The van der Waals surface area contributed by atoms with Gasteiger partial charge in [0.15, 0.2) is 0 Å². The Morgan fingerprint density at radius 2 is 2.19 bits per heavy atom. The zero-order valence-electron chi connectivity index (χ0n) is 11.1. The van der Waals surface area contributed by atoms with Crippen LogP contribution in [-0.2, 0) is 4.74 Å². The second-order valence-corrected chi connectivity index (χ2v) is 5.01.